The lowest BCUT2D eigenvalue weighted by Crippen LogP contribution is -2.03. The first-order valence-electron chi connectivity index (χ1n) is 5.58. The van der Waals surface area contributed by atoms with E-state index in [4.69, 9.17) is 11.6 Å². The van der Waals surface area contributed by atoms with Crippen molar-refractivity contribution in [3.05, 3.63) is 11.5 Å². The van der Waals surface area contributed by atoms with Gasteiger partial charge >= 0.3 is 0 Å². The van der Waals surface area contributed by atoms with Gasteiger partial charge in [-0.3, -0.25) is 4.68 Å². The standard InChI is InChI=1S/C11H17ClN4/c1-5-6-8-9-11(16(4)14-8)15(3)10(13-9)7(2)12/h7H,5-6H2,1-4H3. The molecule has 5 heteroatoms. The zero-order valence-corrected chi connectivity index (χ0v) is 10.9. The zero-order valence-electron chi connectivity index (χ0n) is 10.2. The van der Waals surface area contributed by atoms with Crippen molar-refractivity contribution >= 4 is 22.8 Å². The number of nitrogens with zero attached hydrogens (tertiary/aromatic N) is 4. The van der Waals surface area contributed by atoms with Crippen molar-refractivity contribution < 1.29 is 0 Å². The molecule has 4 nitrogen and oxygen atoms in total. The van der Waals surface area contributed by atoms with Gasteiger partial charge in [-0.05, 0) is 13.3 Å². The average Bonchev–Trinajstić information content (AvgIpc) is 2.68. The third-order valence-corrected chi connectivity index (χ3v) is 2.99. The number of alkyl halides is 1. The Hall–Kier alpha value is -1.03. The van der Waals surface area contributed by atoms with Crippen molar-refractivity contribution in [1.29, 1.82) is 0 Å². The molecule has 16 heavy (non-hydrogen) atoms. The van der Waals surface area contributed by atoms with Gasteiger partial charge in [0.25, 0.3) is 0 Å². The van der Waals surface area contributed by atoms with Crippen molar-refractivity contribution in [2.75, 3.05) is 0 Å². The Bertz CT molecular complexity index is 509. The Kier molecular flexibility index (Phi) is 2.93. The maximum atomic E-state index is 6.11. The summed E-state index contributed by atoms with van der Waals surface area (Å²) in [5.41, 5.74) is 3.11. The minimum absolute atomic E-state index is 0.0770. The molecule has 2 aromatic rings. The minimum Gasteiger partial charge on any atom is -0.315 e. The van der Waals surface area contributed by atoms with Crippen LogP contribution in [0.25, 0.3) is 11.2 Å². The topological polar surface area (TPSA) is 35.6 Å². The predicted molar refractivity (Wildman–Crippen MR) is 65.7 cm³/mol. The number of halogens is 1. The maximum Gasteiger partial charge on any atom is 0.158 e. The summed E-state index contributed by atoms with van der Waals surface area (Å²) in [6, 6.07) is 0. The fourth-order valence-electron chi connectivity index (χ4n) is 2.11. The second kappa shape index (κ2) is 4.09. The molecule has 0 aliphatic rings. The van der Waals surface area contributed by atoms with Gasteiger partial charge < -0.3 is 4.57 Å². The summed E-state index contributed by atoms with van der Waals surface area (Å²) in [4.78, 5) is 4.60. The molecule has 0 aromatic carbocycles. The van der Waals surface area contributed by atoms with E-state index in [9.17, 15) is 0 Å². The smallest absolute Gasteiger partial charge is 0.158 e. The Labute approximate surface area is 100 Å². The summed E-state index contributed by atoms with van der Waals surface area (Å²) in [5.74, 6) is 0.905. The zero-order chi connectivity index (χ0) is 11.9. The molecule has 1 unspecified atom stereocenters. The summed E-state index contributed by atoms with van der Waals surface area (Å²) in [6.07, 6.45) is 2.04. The second-order valence-electron chi connectivity index (χ2n) is 4.14. The first-order chi connectivity index (χ1) is 7.56. The molecular weight excluding hydrogens is 224 g/mol. The third-order valence-electron chi connectivity index (χ3n) is 2.79. The number of aromatic nitrogens is 4. The lowest BCUT2D eigenvalue weighted by molar-refractivity contribution is 0.707. The number of rotatable bonds is 3. The number of fused-ring (bicyclic) bond motifs is 1. The summed E-state index contributed by atoms with van der Waals surface area (Å²) in [5, 5.41) is 4.41. The molecule has 0 saturated heterocycles. The van der Waals surface area contributed by atoms with Gasteiger partial charge in [-0.15, -0.1) is 11.6 Å². The highest BCUT2D eigenvalue weighted by atomic mass is 35.5. The second-order valence-corrected chi connectivity index (χ2v) is 4.79. The van der Waals surface area contributed by atoms with Crippen LogP contribution in [-0.4, -0.2) is 19.3 Å². The lowest BCUT2D eigenvalue weighted by Gasteiger charge is -2.03. The predicted octanol–water partition coefficient (Wildman–Crippen LogP) is 2.56. The number of aryl methyl sites for hydroxylation is 3. The van der Waals surface area contributed by atoms with Crippen LogP contribution >= 0.6 is 11.6 Å². The fraction of sp³-hybridized carbons (Fsp3) is 0.636. The minimum atomic E-state index is -0.0770. The van der Waals surface area contributed by atoms with Gasteiger partial charge in [-0.25, -0.2) is 4.98 Å². The van der Waals surface area contributed by atoms with Crippen LogP contribution in [0.15, 0.2) is 0 Å². The van der Waals surface area contributed by atoms with Gasteiger partial charge in [-0.2, -0.15) is 5.10 Å². The normalized spacial score (nSPS) is 13.6. The van der Waals surface area contributed by atoms with E-state index in [0.717, 1.165) is 35.5 Å². The van der Waals surface area contributed by atoms with E-state index >= 15 is 0 Å². The molecule has 88 valence electrons. The summed E-state index contributed by atoms with van der Waals surface area (Å²) in [6.45, 7) is 4.09. The van der Waals surface area contributed by atoms with Crippen molar-refractivity contribution in [1.82, 2.24) is 19.3 Å². The van der Waals surface area contributed by atoms with Crippen LogP contribution in [0.1, 0.15) is 37.2 Å². The quantitative estimate of drug-likeness (QED) is 0.773. The van der Waals surface area contributed by atoms with E-state index in [2.05, 4.69) is 17.0 Å². The van der Waals surface area contributed by atoms with E-state index < -0.39 is 0 Å². The van der Waals surface area contributed by atoms with Gasteiger partial charge in [0.05, 0.1) is 11.1 Å². The van der Waals surface area contributed by atoms with Crippen molar-refractivity contribution in [2.24, 2.45) is 14.1 Å². The molecule has 0 bridgehead atoms. The average molecular weight is 241 g/mol. The van der Waals surface area contributed by atoms with Gasteiger partial charge in [-0.1, -0.05) is 13.3 Å². The van der Waals surface area contributed by atoms with Crippen LogP contribution < -0.4 is 0 Å². The first-order valence-corrected chi connectivity index (χ1v) is 6.02. The molecule has 0 amide bonds. The van der Waals surface area contributed by atoms with Crippen LogP contribution in [0.4, 0.5) is 0 Å². The molecular formula is C11H17ClN4. The molecule has 2 rings (SSSR count). The van der Waals surface area contributed by atoms with E-state index in [1.54, 1.807) is 0 Å². The molecule has 0 aliphatic carbocycles. The van der Waals surface area contributed by atoms with E-state index in [-0.39, 0.29) is 5.38 Å². The van der Waals surface area contributed by atoms with Gasteiger partial charge in [0.1, 0.15) is 11.3 Å². The van der Waals surface area contributed by atoms with Crippen LogP contribution in [0.3, 0.4) is 0 Å². The number of hydrogen-bond donors (Lipinski definition) is 0. The van der Waals surface area contributed by atoms with Gasteiger partial charge in [0.2, 0.25) is 0 Å². The first kappa shape index (κ1) is 11.5. The molecule has 0 N–H and O–H groups in total. The molecule has 0 radical (unpaired) electrons. The van der Waals surface area contributed by atoms with E-state index in [0.29, 0.717) is 0 Å². The fourth-order valence-corrected chi connectivity index (χ4v) is 2.30. The Balaban J connectivity index is 2.66. The number of hydrogen-bond acceptors (Lipinski definition) is 2. The summed E-state index contributed by atoms with van der Waals surface area (Å²) in [7, 11) is 3.94. The largest absolute Gasteiger partial charge is 0.315 e. The van der Waals surface area contributed by atoms with Crippen LogP contribution in [0.2, 0.25) is 0 Å². The number of imidazole rings is 1. The van der Waals surface area contributed by atoms with Crippen molar-refractivity contribution in [3.8, 4) is 0 Å². The highest BCUT2D eigenvalue weighted by Crippen LogP contribution is 2.25. The van der Waals surface area contributed by atoms with Crippen LogP contribution in [0, 0.1) is 0 Å². The molecule has 0 fully saturated rings. The highest BCUT2D eigenvalue weighted by molar-refractivity contribution is 6.20. The molecule has 1 atom stereocenters. The van der Waals surface area contributed by atoms with E-state index in [1.165, 1.54) is 0 Å². The summed E-state index contributed by atoms with van der Waals surface area (Å²) >= 11 is 6.11. The Morgan fingerprint density at radius 1 is 1.38 bits per heavy atom. The van der Waals surface area contributed by atoms with Gasteiger partial charge in [0, 0.05) is 14.1 Å². The van der Waals surface area contributed by atoms with Gasteiger partial charge in [0.15, 0.2) is 5.65 Å². The SMILES string of the molecule is CCCc1nn(C)c2c1nc(C(C)Cl)n2C. The van der Waals surface area contributed by atoms with Crippen LogP contribution in [-0.2, 0) is 20.5 Å². The Morgan fingerprint density at radius 3 is 2.62 bits per heavy atom. The monoisotopic (exact) mass is 240 g/mol. The van der Waals surface area contributed by atoms with Crippen molar-refractivity contribution in [2.45, 2.75) is 32.1 Å². The molecule has 2 aromatic heterocycles. The molecule has 0 aliphatic heterocycles. The third kappa shape index (κ3) is 1.61. The lowest BCUT2D eigenvalue weighted by atomic mass is 10.2. The maximum absolute atomic E-state index is 6.11. The molecule has 0 spiro atoms. The Morgan fingerprint density at radius 2 is 2.06 bits per heavy atom. The molecule has 2 heterocycles. The van der Waals surface area contributed by atoms with E-state index in [1.807, 2.05) is 30.3 Å². The molecule has 0 saturated carbocycles. The summed E-state index contributed by atoms with van der Waals surface area (Å²) < 4.78 is 3.91. The van der Waals surface area contributed by atoms with Crippen molar-refractivity contribution in [3.63, 3.8) is 0 Å². The van der Waals surface area contributed by atoms with Crippen LogP contribution in [0.5, 0.6) is 0 Å². The highest BCUT2D eigenvalue weighted by Gasteiger charge is 2.18.